The lowest BCUT2D eigenvalue weighted by atomic mass is 10.1. The molecule has 0 saturated carbocycles. The van der Waals surface area contributed by atoms with Gasteiger partial charge in [-0.3, -0.25) is 9.78 Å². The minimum Gasteiger partial charge on any atom is -0.368 e. The Morgan fingerprint density at radius 2 is 2.09 bits per heavy atom. The molecule has 11 heteroatoms. The number of rotatable bonds is 7. The SMILES string of the molecule is C=C/C(=C\C(=C(/C)Cl)c1nn(-c2ccc(C(F)(F)F)cc2)c(=O)[nH]1)CNC(=O)[C@H]1CCCO1. The quantitative estimate of drug-likeness (QED) is 0.585. The van der Waals surface area contributed by atoms with Crippen molar-refractivity contribution in [3.05, 3.63) is 75.5 Å². The van der Waals surface area contributed by atoms with Crippen LogP contribution in [-0.4, -0.2) is 39.9 Å². The van der Waals surface area contributed by atoms with Crippen LogP contribution in [0.25, 0.3) is 11.3 Å². The van der Waals surface area contributed by atoms with Gasteiger partial charge in [-0.05, 0) is 55.7 Å². The number of allylic oxidation sites excluding steroid dienone is 3. The molecule has 1 aliphatic heterocycles. The van der Waals surface area contributed by atoms with Gasteiger partial charge in [0.05, 0.1) is 11.3 Å². The molecule has 2 aromatic rings. The minimum absolute atomic E-state index is 0.109. The molecule has 1 atom stereocenters. The molecule has 33 heavy (non-hydrogen) atoms. The Morgan fingerprint density at radius 3 is 2.64 bits per heavy atom. The summed E-state index contributed by atoms with van der Waals surface area (Å²) in [5, 5.41) is 7.25. The Bertz CT molecular complexity index is 1140. The molecule has 1 aromatic carbocycles. The molecule has 2 heterocycles. The van der Waals surface area contributed by atoms with E-state index in [-0.39, 0.29) is 24.0 Å². The molecule has 7 nitrogen and oxygen atoms in total. The number of aromatic nitrogens is 3. The number of amides is 1. The fourth-order valence-electron chi connectivity index (χ4n) is 3.20. The summed E-state index contributed by atoms with van der Waals surface area (Å²) in [5.74, 6) is -0.120. The Hall–Kier alpha value is -3.11. The van der Waals surface area contributed by atoms with E-state index in [1.807, 2.05) is 0 Å². The molecule has 1 amide bonds. The van der Waals surface area contributed by atoms with Crippen LogP contribution in [0.2, 0.25) is 0 Å². The Balaban J connectivity index is 1.83. The zero-order valence-corrected chi connectivity index (χ0v) is 18.5. The van der Waals surface area contributed by atoms with Crippen LogP contribution in [0.3, 0.4) is 0 Å². The lowest BCUT2D eigenvalue weighted by molar-refractivity contribution is -0.137. The first kappa shape index (κ1) is 24.5. The van der Waals surface area contributed by atoms with E-state index in [9.17, 15) is 22.8 Å². The maximum Gasteiger partial charge on any atom is 0.416 e. The number of ether oxygens (including phenoxy) is 1. The van der Waals surface area contributed by atoms with Crippen molar-refractivity contribution in [2.24, 2.45) is 0 Å². The second-order valence-electron chi connectivity index (χ2n) is 7.33. The average Bonchev–Trinajstić information content (AvgIpc) is 3.43. The maximum absolute atomic E-state index is 12.8. The first-order valence-corrected chi connectivity index (χ1v) is 10.4. The second kappa shape index (κ2) is 10.2. The molecule has 1 aromatic heterocycles. The number of aromatic amines is 1. The van der Waals surface area contributed by atoms with E-state index in [2.05, 4.69) is 22.0 Å². The normalized spacial score (nSPS) is 17.6. The zero-order valence-electron chi connectivity index (χ0n) is 17.7. The smallest absolute Gasteiger partial charge is 0.368 e. The van der Waals surface area contributed by atoms with Crippen LogP contribution in [0.1, 0.15) is 31.2 Å². The highest BCUT2D eigenvalue weighted by molar-refractivity contribution is 6.32. The van der Waals surface area contributed by atoms with Crippen molar-refractivity contribution in [1.29, 1.82) is 0 Å². The number of benzene rings is 1. The van der Waals surface area contributed by atoms with Gasteiger partial charge in [0.25, 0.3) is 0 Å². The topological polar surface area (TPSA) is 89.0 Å². The number of alkyl halides is 3. The number of carbonyl (C=O) groups excluding carboxylic acids is 1. The molecule has 1 aliphatic rings. The highest BCUT2D eigenvalue weighted by Gasteiger charge is 2.30. The fourth-order valence-corrected chi connectivity index (χ4v) is 3.34. The van der Waals surface area contributed by atoms with Crippen LogP contribution in [0.4, 0.5) is 13.2 Å². The van der Waals surface area contributed by atoms with E-state index in [4.69, 9.17) is 16.3 Å². The molecule has 0 unspecified atom stereocenters. The molecule has 2 N–H and O–H groups in total. The molecular weight excluding hydrogens is 461 g/mol. The predicted molar refractivity (Wildman–Crippen MR) is 118 cm³/mol. The van der Waals surface area contributed by atoms with Gasteiger partial charge in [0, 0.05) is 23.8 Å². The van der Waals surface area contributed by atoms with E-state index in [1.54, 1.807) is 13.0 Å². The summed E-state index contributed by atoms with van der Waals surface area (Å²) < 4.78 is 44.7. The van der Waals surface area contributed by atoms with Gasteiger partial charge in [0.1, 0.15) is 6.10 Å². The van der Waals surface area contributed by atoms with Crippen molar-refractivity contribution in [2.75, 3.05) is 13.2 Å². The van der Waals surface area contributed by atoms with Crippen LogP contribution in [0, 0.1) is 0 Å². The summed E-state index contributed by atoms with van der Waals surface area (Å²) in [6, 6.07) is 4.03. The van der Waals surface area contributed by atoms with Crippen molar-refractivity contribution in [3.8, 4) is 5.69 Å². The zero-order chi connectivity index (χ0) is 24.2. The highest BCUT2D eigenvalue weighted by Crippen LogP contribution is 2.29. The van der Waals surface area contributed by atoms with Gasteiger partial charge in [-0.15, -0.1) is 5.10 Å². The third-order valence-corrected chi connectivity index (χ3v) is 5.17. The number of carbonyl (C=O) groups is 1. The highest BCUT2D eigenvalue weighted by atomic mass is 35.5. The van der Waals surface area contributed by atoms with Crippen molar-refractivity contribution < 1.29 is 22.7 Å². The van der Waals surface area contributed by atoms with Gasteiger partial charge < -0.3 is 10.1 Å². The van der Waals surface area contributed by atoms with Gasteiger partial charge in [0.2, 0.25) is 5.91 Å². The predicted octanol–water partition coefficient (Wildman–Crippen LogP) is 3.96. The number of hydrogen-bond acceptors (Lipinski definition) is 4. The maximum atomic E-state index is 12.8. The molecule has 1 saturated heterocycles. The number of nitrogens with zero attached hydrogens (tertiary/aromatic N) is 2. The summed E-state index contributed by atoms with van der Waals surface area (Å²) in [4.78, 5) is 27.1. The van der Waals surface area contributed by atoms with Crippen molar-refractivity contribution in [3.63, 3.8) is 0 Å². The molecule has 176 valence electrons. The van der Waals surface area contributed by atoms with E-state index < -0.39 is 23.5 Å². The van der Waals surface area contributed by atoms with E-state index in [0.29, 0.717) is 29.2 Å². The summed E-state index contributed by atoms with van der Waals surface area (Å²) in [6.07, 6.45) is -0.335. The number of H-pyrrole nitrogens is 1. The monoisotopic (exact) mass is 482 g/mol. The van der Waals surface area contributed by atoms with Crippen molar-refractivity contribution >= 4 is 23.1 Å². The summed E-state index contributed by atoms with van der Waals surface area (Å²) >= 11 is 6.22. The Kier molecular flexibility index (Phi) is 7.60. The summed E-state index contributed by atoms with van der Waals surface area (Å²) in [7, 11) is 0. The van der Waals surface area contributed by atoms with Crippen LogP contribution < -0.4 is 11.0 Å². The van der Waals surface area contributed by atoms with Gasteiger partial charge in [-0.25, -0.2) is 4.79 Å². The Morgan fingerprint density at radius 1 is 1.39 bits per heavy atom. The molecule has 0 bridgehead atoms. The van der Waals surface area contributed by atoms with E-state index in [0.717, 1.165) is 35.4 Å². The van der Waals surface area contributed by atoms with Crippen LogP contribution >= 0.6 is 11.6 Å². The first-order valence-electron chi connectivity index (χ1n) is 10.1. The first-order chi connectivity index (χ1) is 15.6. The number of hydrogen-bond donors (Lipinski definition) is 2. The van der Waals surface area contributed by atoms with Crippen LogP contribution in [-0.2, 0) is 15.7 Å². The van der Waals surface area contributed by atoms with Gasteiger partial charge in [-0.1, -0.05) is 24.3 Å². The van der Waals surface area contributed by atoms with Gasteiger partial charge in [-0.2, -0.15) is 17.9 Å². The van der Waals surface area contributed by atoms with Crippen LogP contribution in [0.15, 0.2) is 58.4 Å². The van der Waals surface area contributed by atoms with Gasteiger partial charge >= 0.3 is 11.9 Å². The third kappa shape index (κ3) is 6.02. The molecule has 1 fully saturated rings. The number of halogens is 4. The largest absolute Gasteiger partial charge is 0.416 e. The fraction of sp³-hybridized carbons (Fsp3) is 0.318. The third-order valence-electron chi connectivity index (χ3n) is 4.96. The van der Waals surface area contributed by atoms with Crippen molar-refractivity contribution in [1.82, 2.24) is 20.1 Å². The number of nitrogens with one attached hydrogen (secondary N) is 2. The minimum atomic E-state index is -4.49. The molecule has 0 radical (unpaired) electrons. The Labute approximate surface area is 192 Å². The molecular formula is C22H22ClF3N4O3. The van der Waals surface area contributed by atoms with Crippen LogP contribution in [0.5, 0.6) is 0 Å². The summed E-state index contributed by atoms with van der Waals surface area (Å²) in [5.41, 5.74) is -0.378. The summed E-state index contributed by atoms with van der Waals surface area (Å²) in [6.45, 7) is 6.03. The molecule has 0 spiro atoms. The van der Waals surface area contributed by atoms with Crippen molar-refractivity contribution in [2.45, 2.75) is 32.0 Å². The second-order valence-corrected chi connectivity index (χ2v) is 7.89. The van der Waals surface area contributed by atoms with E-state index in [1.165, 1.54) is 6.08 Å². The standard InChI is InChI=1S/C22H22ClF3N4O3/c1-3-14(12-27-20(31)18-5-4-10-33-18)11-17(13(2)23)19-28-21(32)30(29-19)16-8-6-15(7-9-16)22(24,25)26/h3,6-9,11,18H,1,4-5,10,12H2,2H3,(H,27,31)(H,28,29,32)/b14-11+,17-13-/t18-/m1/s1. The lowest BCUT2D eigenvalue weighted by Gasteiger charge is -2.11. The molecule has 0 aliphatic carbocycles. The van der Waals surface area contributed by atoms with E-state index >= 15 is 0 Å². The molecule has 3 rings (SSSR count). The average molecular weight is 483 g/mol. The lowest BCUT2D eigenvalue weighted by Crippen LogP contribution is -2.35. The van der Waals surface area contributed by atoms with Gasteiger partial charge in [0.15, 0.2) is 5.82 Å².